The molecule has 0 aliphatic carbocycles. The van der Waals surface area contributed by atoms with Crippen LogP contribution in [-0.2, 0) is 6.54 Å². The molecule has 0 fully saturated rings. The van der Waals surface area contributed by atoms with Crippen molar-refractivity contribution < 1.29 is 0 Å². The van der Waals surface area contributed by atoms with E-state index in [1.54, 1.807) is 0 Å². The highest BCUT2D eigenvalue weighted by atomic mass is 32.1. The van der Waals surface area contributed by atoms with Gasteiger partial charge < -0.3 is 10.2 Å². The standard InChI is InChI=1S/C29H34N2S/c1-3-11-27(29-21-26-14-7-8-15-28(26)32-29)31(19-10-9-18-30-4-2)22-23-16-17-24-12-5-6-13-25(24)20-23/h5-8,11-17,20-21,30H,3-4,9-10,18-19,22H2,1-2H3/b27-11+. The Morgan fingerprint density at radius 2 is 1.66 bits per heavy atom. The Balaban J connectivity index is 1.62. The summed E-state index contributed by atoms with van der Waals surface area (Å²) in [6.07, 6.45) is 5.84. The zero-order valence-corrected chi connectivity index (χ0v) is 20.1. The zero-order valence-electron chi connectivity index (χ0n) is 19.3. The number of fused-ring (bicyclic) bond motifs is 2. The second-order valence-corrected chi connectivity index (χ2v) is 9.39. The highest BCUT2D eigenvalue weighted by molar-refractivity contribution is 7.20. The minimum Gasteiger partial charge on any atom is -0.366 e. The molecule has 0 radical (unpaired) electrons. The first-order chi connectivity index (χ1) is 15.8. The Bertz CT molecular complexity index is 1140. The Morgan fingerprint density at radius 3 is 2.44 bits per heavy atom. The van der Waals surface area contributed by atoms with E-state index in [1.807, 2.05) is 11.3 Å². The Morgan fingerprint density at radius 1 is 0.875 bits per heavy atom. The number of nitrogens with zero attached hydrogens (tertiary/aromatic N) is 1. The summed E-state index contributed by atoms with van der Waals surface area (Å²) in [7, 11) is 0. The van der Waals surface area contributed by atoms with Crippen molar-refractivity contribution in [3.8, 4) is 0 Å². The van der Waals surface area contributed by atoms with Crippen LogP contribution in [0.1, 0.15) is 43.6 Å². The molecular weight excluding hydrogens is 408 g/mol. The maximum absolute atomic E-state index is 3.46. The molecule has 0 aliphatic heterocycles. The third kappa shape index (κ3) is 5.59. The normalized spacial score (nSPS) is 12.0. The molecule has 1 heterocycles. The molecule has 0 spiro atoms. The van der Waals surface area contributed by atoms with Gasteiger partial charge in [-0.15, -0.1) is 11.3 Å². The first-order valence-electron chi connectivity index (χ1n) is 11.9. The van der Waals surface area contributed by atoms with Crippen LogP contribution in [0, 0.1) is 0 Å². The first kappa shape index (κ1) is 22.6. The minimum atomic E-state index is 0.937. The molecule has 4 rings (SSSR count). The van der Waals surface area contributed by atoms with Crippen LogP contribution in [0.15, 0.2) is 78.9 Å². The summed E-state index contributed by atoms with van der Waals surface area (Å²) in [5, 5.41) is 7.43. The maximum atomic E-state index is 3.46. The fraction of sp³-hybridized carbons (Fsp3) is 0.310. The average Bonchev–Trinajstić information content (AvgIpc) is 3.25. The molecule has 2 nitrogen and oxygen atoms in total. The van der Waals surface area contributed by atoms with Crippen molar-refractivity contribution in [2.75, 3.05) is 19.6 Å². The molecule has 0 saturated carbocycles. The lowest BCUT2D eigenvalue weighted by molar-refractivity contribution is 0.376. The van der Waals surface area contributed by atoms with E-state index in [0.717, 1.165) is 32.6 Å². The summed E-state index contributed by atoms with van der Waals surface area (Å²) in [5.41, 5.74) is 2.75. The van der Waals surface area contributed by atoms with Gasteiger partial charge in [0.15, 0.2) is 0 Å². The van der Waals surface area contributed by atoms with Crippen molar-refractivity contribution in [3.05, 3.63) is 89.3 Å². The summed E-state index contributed by atoms with van der Waals surface area (Å²) < 4.78 is 1.36. The number of nitrogens with one attached hydrogen (secondary N) is 1. The molecular formula is C29H34N2S. The summed E-state index contributed by atoms with van der Waals surface area (Å²) in [6, 6.07) is 26.7. The molecule has 4 aromatic rings. The number of unbranched alkanes of at least 4 members (excludes halogenated alkanes) is 1. The van der Waals surface area contributed by atoms with Gasteiger partial charge >= 0.3 is 0 Å². The number of allylic oxidation sites excluding steroid dienone is 1. The molecule has 166 valence electrons. The smallest absolute Gasteiger partial charge is 0.0513 e. The van der Waals surface area contributed by atoms with Crippen LogP contribution in [0.3, 0.4) is 0 Å². The molecule has 1 N–H and O–H groups in total. The van der Waals surface area contributed by atoms with Gasteiger partial charge in [-0.1, -0.05) is 74.5 Å². The molecule has 0 aliphatic rings. The first-order valence-corrected chi connectivity index (χ1v) is 12.7. The van der Waals surface area contributed by atoms with Gasteiger partial charge in [-0.05, 0) is 72.3 Å². The van der Waals surface area contributed by atoms with Crippen molar-refractivity contribution in [1.82, 2.24) is 10.2 Å². The molecule has 1 aromatic heterocycles. The fourth-order valence-electron chi connectivity index (χ4n) is 4.26. The maximum Gasteiger partial charge on any atom is 0.0513 e. The van der Waals surface area contributed by atoms with E-state index in [-0.39, 0.29) is 0 Å². The van der Waals surface area contributed by atoms with Gasteiger partial charge in [0.05, 0.1) is 10.6 Å². The molecule has 0 unspecified atom stereocenters. The topological polar surface area (TPSA) is 15.3 Å². The van der Waals surface area contributed by atoms with Crippen LogP contribution in [0.2, 0.25) is 0 Å². The van der Waals surface area contributed by atoms with Gasteiger partial charge in [-0.2, -0.15) is 0 Å². The lowest BCUT2D eigenvalue weighted by Crippen LogP contribution is -2.24. The van der Waals surface area contributed by atoms with Gasteiger partial charge in [-0.3, -0.25) is 0 Å². The quantitative estimate of drug-likeness (QED) is 0.239. The molecule has 0 atom stereocenters. The second-order valence-electron chi connectivity index (χ2n) is 8.31. The Kier molecular flexibility index (Phi) is 7.97. The number of rotatable bonds is 11. The van der Waals surface area contributed by atoms with Gasteiger partial charge in [0.25, 0.3) is 0 Å². The SMILES string of the molecule is CC/C=C(\c1cc2ccccc2s1)N(CCCCNCC)Cc1ccc2ccccc2c1. The van der Waals surface area contributed by atoms with Crippen molar-refractivity contribution in [3.63, 3.8) is 0 Å². The molecule has 0 bridgehead atoms. The molecule has 3 heteroatoms. The van der Waals surface area contributed by atoms with Crippen LogP contribution in [0.5, 0.6) is 0 Å². The predicted octanol–water partition coefficient (Wildman–Crippen LogP) is 7.70. The van der Waals surface area contributed by atoms with E-state index < -0.39 is 0 Å². The Hall–Kier alpha value is -2.62. The number of hydrogen-bond donors (Lipinski definition) is 1. The van der Waals surface area contributed by atoms with Crippen LogP contribution in [0.4, 0.5) is 0 Å². The average molecular weight is 443 g/mol. The van der Waals surface area contributed by atoms with Gasteiger partial charge in [-0.25, -0.2) is 0 Å². The van der Waals surface area contributed by atoms with Gasteiger partial charge in [0, 0.05) is 17.8 Å². The number of thiophene rings is 1. The molecule has 3 aromatic carbocycles. The monoisotopic (exact) mass is 442 g/mol. The lowest BCUT2D eigenvalue weighted by Gasteiger charge is -2.28. The number of benzene rings is 3. The van der Waals surface area contributed by atoms with E-state index in [4.69, 9.17) is 0 Å². The highest BCUT2D eigenvalue weighted by Crippen LogP contribution is 2.33. The summed E-state index contributed by atoms with van der Waals surface area (Å²) in [6.45, 7) is 8.56. The van der Waals surface area contributed by atoms with Crippen LogP contribution in [0.25, 0.3) is 26.6 Å². The third-order valence-corrected chi connectivity index (χ3v) is 7.02. The largest absolute Gasteiger partial charge is 0.366 e. The van der Waals surface area contributed by atoms with E-state index in [1.165, 1.54) is 49.8 Å². The van der Waals surface area contributed by atoms with Crippen molar-refractivity contribution >= 4 is 37.9 Å². The summed E-state index contributed by atoms with van der Waals surface area (Å²) in [5.74, 6) is 0. The van der Waals surface area contributed by atoms with E-state index in [2.05, 4.69) is 103 Å². The Labute approximate surface area is 196 Å². The number of hydrogen-bond acceptors (Lipinski definition) is 3. The lowest BCUT2D eigenvalue weighted by atomic mass is 10.1. The van der Waals surface area contributed by atoms with Crippen LogP contribution >= 0.6 is 11.3 Å². The third-order valence-electron chi connectivity index (χ3n) is 5.89. The van der Waals surface area contributed by atoms with E-state index >= 15 is 0 Å². The van der Waals surface area contributed by atoms with Crippen molar-refractivity contribution in [2.24, 2.45) is 0 Å². The molecule has 0 saturated heterocycles. The molecule has 32 heavy (non-hydrogen) atoms. The summed E-state index contributed by atoms with van der Waals surface area (Å²) in [4.78, 5) is 3.98. The van der Waals surface area contributed by atoms with E-state index in [9.17, 15) is 0 Å². The predicted molar refractivity (Wildman–Crippen MR) is 142 cm³/mol. The van der Waals surface area contributed by atoms with Crippen LogP contribution < -0.4 is 5.32 Å². The van der Waals surface area contributed by atoms with E-state index in [0.29, 0.717) is 0 Å². The van der Waals surface area contributed by atoms with Gasteiger partial charge in [0.2, 0.25) is 0 Å². The van der Waals surface area contributed by atoms with Crippen LogP contribution in [-0.4, -0.2) is 24.5 Å². The zero-order chi connectivity index (χ0) is 22.2. The van der Waals surface area contributed by atoms with Crippen molar-refractivity contribution in [1.29, 1.82) is 0 Å². The highest BCUT2D eigenvalue weighted by Gasteiger charge is 2.15. The fourth-order valence-corrected chi connectivity index (χ4v) is 5.39. The minimum absolute atomic E-state index is 0.937. The van der Waals surface area contributed by atoms with Gasteiger partial charge in [0.1, 0.15) is 0 Å². The molecule has 0 amide bonds. The second kappa shape index (κ2) is 11.3. The van der Waals surface area contributed by atoms with Crippen molar-refractivity contribution in [2.45, 2.75) is 39.7 Å². The summed E-state index contributed by atoms with van der Waals surface area (Å²) >= 11 is 1.91.